The van der Waals surface area contributed by atoms with E-state index in [2.05, 4.69) is 22.6 Å². The Morgan fingerprint density at radius 1 is 0.938 bits per heavy atom. The molecule has 3 aromatic rings. The van der Waals surface area contributed by atoms with E-state index in [1.54, 1.807) is 41.1 Å². The van der Waals surface area contributed by atoms with E-state index in [0.29, 0.717) is 12.2 Å². The number of nitrogens with zero attached hydrogens (tertiary/aromatic N) is 1. The van der Waals surface area contributed by atoms with E-state index in [9.17, 15) is 21.6 Å². The van der Waals surface area contributed by atoms with E-state index in [1.807, 2.05) is 13.8 Å². The molecule has 1 N–H and O–H groups in total. The third kappa shape index (κ3) is 7.81. The summed E-state index contributed by atoms with van der Waals surface area (Å²) in [6, 6.07) is 14.2. The Morgan fingerprint density at radius 2 is 1.44 bits per heavy atom. The molecule has 32 heavy (non-hydrogen) atoms. The molecular formula is C21H22INO7S2. The highest BCUT2D eigenvalue weighted by atomic mass is 127. The van der Waals surface area contributed by atoms with Gasteiger partial charge in [-0.1, -0.05) is 35.4 Å². The first kappa shape index (κ1) is 26.2. The second kappa shape index (κ2) is 11.2. The zero-order chi connectivity index (χ0) is 23.9. The van der Waals surface area contributed by atoms with Crippen molar-refractivity contribution in [3.63, 3.8) is 0 Å². The van der Waals surface area contributed by atoms with Gasteiger partial charge in [-0.25, -0.2) is 0 Å². The van der Waals surface area contributed by atoms with Crippen molar-refractivity contribution in [2.75, 3.05) is 6.61 Å². The molecule has 0 unspecified atom stereocenters. The number of aryl methyl sites for hydroxylation is 2. The van der Waals surface area contributed by atoms with Crippen LogP contribution in [0.1, 0.15) is 21.6 Å². The molecule has 0 saturated carbocycles. The number of carbonyl (C=O) groups excluding carboxylic acids is 1. The van der Waals surface area contributed by atoms with Gasteiger partial charge in [-0.05, 0) is 66.8 Å². The molecule has 8 nitrogen and oxygen atoms in total. The molecule has 2 aromatic carbocycles. The van der Waals surface area contributed by atoms with E-state index in [4.69, 9.17) is 8.74 Å². The van der Waals surface area contributed by atoms with Crippen LogP contribution in [0.5, 0.6) is 0 Å². The van der Waals surface area contributed by atoms with E-state index >= 15 is 0 Å². The van der Waals surface area contributed by atoms with Crippen molar-refractivity contribution < 1.29 is 30.4 Å². The third-order valence-corrected chi connectivity index (χ3v) is 7.00. The van der Waals surface area contributed by atoms with Crippen LogP contribution in [-0.2, 0) is 31.0 Å². The highest BCUT2D eigenvalue weighted by molar-refractivity contribution is 14.1. The summed E-state index contributed by atoms with van der Waals surface area (Å²) in [6.45, 7) is 3.99. The lowest BCUT2D eigenvalue weighted by molar-refractivity contribution is 0.111. The number of aldehydes is 1. The highest BCUT2D eigenvalue weighted by Gasteiger charge is 2.15. The summed E-state index contributed by atoms with van der Waals surface area (Å²) in [4.78, 5) is 10.9. The topological polar surface area (TPSA) is 120 Å². The van der Waals surface area contributed by atoms with Gasteiger partial charge in [0, 0.05) is 16.3 Å². The fourth-order valence-corrected chi connectivity index (χ4v) is 4.54. The minimum absolute atomic E-state index is 0.0260. The molecule has 0 atom stereocenters. The van der Waals surface area contributed by atoms with Crippen LogP contribution in [0.15, 0.2) is 70.6 Å². The van der Waals surface area contributed by atoms with Gasteiger partial charge in [0.1, 0.15) is 0 Å². The van der Waals surface area contributed by atoms with Gasteiger partial charge in [0.2, 0.25) is 0 Å². The van der Waals surface area contributed by atoms with Crippen LogP contribution in [0.3, 0.4) is 0 Å². The van der Waals surface area contributed by atoms with E-state index in [1.165, 1.54) is 24.3 Å². The summed E-state index contributed by atoms with van der Waals surface area (Å²) < 4.78 is 61.1. The minimum Gasteiger partial charge on any atom is -0.342 e. The first-order chi connectivity index (χ1) is 14.9. The maximum absolute atomic E-state index is 12.0. The number of benzene rings is 2. The van der Waals surface area contributed by atoms with Gasteiger partial charge in [0.05, 0.1) is 22.1 Å². The Balaban J connectivity index is 0.000000278. The lowest BCUT2D eigenvalue weighted by atomic mass is 10.2. The third-order valence-electron chi connectivity index (χ3n) is 4.22. The fraction of sp³-hybridized carbons (Fsp3) is 0.190. The van der Waals surface area contributed by atoms with Gasteiger partial charge in [0.15, 0.2) is 6.29 Å². The monoisotopic (exact) mass is 591 g/mol. The van der Waals surface area contributed by atoms with E-state index in [0.717, 1.165) is 21.0 Å². The second-order valence-electron chi connectivity index (χ2n) is 6.77. The van der Waals surface area contributed by atoms with Gasteiger partial charge >= 0.3 is 0 Å². The summed E-state index contributed by atoms with van der Waals surface area (Å²) in [5.41, 5.74) is 2.43. The van der Waals surface area contributed by atoms with Crippen molar-refractivity contribution in [2.45, 2.75) is 30.2 Å². The minimum atomic E-state index is -4.02. The average Bonchev–Trinajstić information content (AvgIpc) is 3.08. The molecular weight excluding hydrogens is 569 g/mol. The summed E-state index contributed by atoms with van der Waals surface area (Å²) >= 11 is 2.09. The van der Waals surface area contributed by atoms with Gasteiger partial charge in [-0.3, -0.25) is 13.5 Å². The van der Waals surface area contributed by atoms with E-state index < -0.39 is 20.2 Å². The largest absolute Gasteiger partial charge is 0.342 e. The molecule has 11 heteroatoms. The van der Waals surface area contributed by atoms with Crippen LogP contribution < -0.4 is 0 Å². The van der Waals surface area contributed by atoms with Gasteiger partial charge in [-0.2, -0.15) is 16.8 Å². The molecule has 0 bridgehead atoms. The summed E-state index contributed by atoms with van der Waals surface area (Å²) in [7, 11) is -7.78. The van der Waals surface area contributed by atoms with Crippen molar-refractivity contribution in [1.29, 1.82) is 0 Å². The lowest BCUT2D eigenvalue weighted by Gasteiger charge is -2.08. The molecule has 1 aromatic heterocycles. The normalized spacial score (nSPS) is 11.5. The van der Waals surface area contributed by atoms with Crippen LogP contribution in [0.2, 0.25) is 0 Å². The number of halogens is 1. The van der Waals surface area contributed by atoms with Crippen LogP contribution in [-0.4, -0.2) is 38.8 Å². The molecule has 0 amide bonds. The predicted octanol–water partition coefficient (Wildman–Crippen LogP) is 3.86. The molecule has 3 rings (SSSR count). The molecule has 1 heterocycles. The van der Waals surface area contributed by atoms with Gasteiger partial charge in [-0.15, -0.1) is 0 Å². The van der Waals surface area contributed by atoms with Crippen LogP contribution in [0.4, 0.5) is 0 Å². The quantitative estimate of drug-likeness (QED) is 0.192. The molecule has 0 spiro atoms. The van der Waals surface area contributed by atoms with Crippen molar-refractivity contribution in [1.82, 2.24) is 4.57 Å². The Hall–Kier alpha value is -2.06. The van der Waals surface area contributed by atoms with Crippen molar-refractivity contribution in [2.24, 2.45) is 0 Å². The SMILES string of the molecule is Cc1ccc(S(=O)(=O)O)cc1.Cc1ccc(S(=O)(=O)OCCn2cc(I)cc2C=O)cc1. The average molecular weight is 591 g/mol. The molecule has 0 aliphatic heterocycles. The highest BCUT2D eigenvalue weighted by Crippen LogP contribution is 2.14. The van der Waals surface area contributed by atoms with Crippen molar-refractivity contribution in [3.05, 3.63) is 81.2 Å². The zero-order valence-corrected chi connectivity index (χ0v) is 21.1. The summed E-state index contributed by atoms with van der Waals surface area (Å²) in [5, 5.41) is 0. The standard InChI is InChI=1S/C14H14INO4S.C7H8O3S/c1-11-2-4-14(5-3-11)21(18,19)20-7-6-16-9-12(15)8-13(16)10-17;1-6-2-4-7(5-3-6)11(8,9)10/h2-5,8-10H,6-7H2,1H3;2-5H,1H3,(H,8,9,10). The first-order valence-corrected chi connectivity index (χ1v) is 13.2. The number of carbonyl (C=O) groups is 1. The maximum atomic E-state index is 12.0. The molecule has 0 radical (unpaired) electrons. The Bertz CT molecular complexity index is 1260. The number of hydrogen-bond acceptors (Lipinski definition) is 6. The molecule has 172 valence electrons. The van der Waals surface area contributed by atoms with E-state index in [-0.39, 0.29) is 16.4 Å². The molecule has 0 saturated heterocycles. The smallest absolute Gasteiger partial charge is 0.297 e. The molecule has 0 aliphatic rings. The molecule has 0 aliphatic carbocycles. The fourth-order valence-electron chi connectivity index (χ4n) is 2.51. The number of aromatic nitrogens is 1. The summed E-state index contributed by atoms with van der Waals surface area (Å²) in [6.07, 6.45) is 2.50. The Kier molecular flexibility index (Phi) is 9.16. The lowest BCUT2D eigenvalue weighted by Crippen LogP contribution is -2.13. The maximum Gasteiger partial charge on any atom is 0.297 e. The second-order valence-corrected chi connectivity index (χ2v) is 11.1. The molecule has 0 fully saturated rings. The summed E-state index contributed by atoms with van der Waals surface area (Å²) in [5.74, 6) is 0. The Morgan fingerprint density at radius 3 is 1.91 bits per heavy atom. The zero-order valence-electron chi connectivity index (χ0n) is 17.3. The number of hydrogen-bond donors (Lipinski definition) is 1. The van der Waals surface area contributed by atoms with Crippen molar-refractivity contribution in [3.8, 4) is 0 Å². The van der Waals surface area contributed by atoms with Crippen LogP contribution >= 0.6 is 22.6 Å². The Labute approximate surface area is 201 Å². The van der Waals surface area contributed by atoms with Crippen LogP contribution in [0, 0.1) is 17.4 Å². The van der Waals surface area contributed by atoms with Gasteiger partial charge in [0.25, 0.3) is 20.2 Å². The predicted molar refractivity (Wildman–Crippen MR) is 128 cm³/mol. The first-order valence-electron chi connectivity index (χ1n) is 9.23. The van der Waals surface area contributed by atoms with Gasteiger partial charge < -0.3 is 4.57 Å². The van der Waals surface area contributed by atoms with Crippen molar-refractivity contribution >= 4 is 49.1 Å². The number of rotatable bonds is 7. The van der Waals surface area contributed by atoms with Crippen LogP contribution in [0.25, 0.3) is 0 Å².